The van der Waals surface area contributed by atoms with Gasteiger partial charge in [-0.25, -0.2) is 8.42 Å². The molecule has 1 N–H and O–H groups in total. The number of carbonyl (C=O) groups excluding carboxylic acids is 1. The third-order valence-electron chi connectivity index (χ3n) is 4.49. The van der Waals surface area contributed by atoms with Gasteiger partial charge in [0.25, 0.3) is 15.9 Å². The highest BCUT2D eigenvalue weighted by Crippen LogP contribution is 2.22. The first-order chi connectivity index (χ1) is 12.4. The van der Waals surface area contributed by atoms with Crippen LogP contribution in [-0.2, 0) is 10.0 Å². The van der Waals surface area contributed by atoms with Gasteiger partial charge in [-0.15, -0.1) is 0 Å². The van der Waals surface area contributed by atoms with Gasteiger partial charge < -0.3 is 4.90 Å². The quantitative estimate of drug-likeness (QED) is 0.667. The Morgan fingerprint density at radius 1 is 1.04 bits per heavy atom. The lowest BCUT2D eigenvalue weighted by Crippen LogP contribution is -2.36. The second-order valence-corrected chi connectivity index (χ2v) is 9.37. The Bertz CT molecular complexity index is 905. The van der Waals surface area contributed by atoms with Crippen molar-refractivity contribution < 1.29 is 13.2 Å². The second-order valence-electron chi connectivity index (χ2n) is 6.44. The molecule has 0 aliphatic carbocycles. The number of benzene rings is 2. The summed E-state index contributed by atoms with van der Waals surface area (Å²) in [6, 6.07) is 11.8. The second kappa shape index (κ2) is 7.96. The Balaban J connectivity index is 1.88. The molecule has 1 aliphatic heterocycles. The van der Waals surface area contributed by atoms with E-state index in [-0.39, 0.29) is 10.8 Å². The van der Waals surface area contributed by atoms with E-state index in [2.05, 4.69) is 27.3 Å². The van der Waals surface area contributed by atoms with Gasteiger partial charge in [-0.3, -0.25) is 9.52 Å². The van der Waals surface area contributed by atoms with Crippen molar-refractivity contribution in [2.24, 2.45) is 0 Å². The Labute approximate surface area is 168 Å². The van der Waals surface area contributed by atoms with Gasteiger partial charge >= 0.3 is 0 Å². The highest BCUT2D eigenvalue weighted by molar-refractivity contribution is 14.1. The van der Waals surface area contributed by atoms with E-state index in [1.54, 1.807) is 18.2 Å². The molecule has 1 fully saturated rings. The molecular weight excluding hydrogens is 463 g/mol. The van der Waals surface area contributed by atoms with Crippen LogP contribution in [0, 0.1) is 10.5 Å². The monoisotopic (exact) mass is 484 g/mol. The largest absolute Gasteiger partial charge is 0.339 e. The number of hydrogen-bond donors (Lipinski definition) is 1. The molecule has 2 aromatic carbocycles. The topological polar surface area (TPSA) is 66.5 Å². The zero-order valence-corrected chi connectivity index (χ0v) is 17.5. The van der Waals surface area contributed by atoms with Gasteiger partial charge in [0.05, 0.1) is 4.90 Å². The molecule has 2 aromatic rings. The molecular formula is C19H21IN2O3S. The van der Waals surface area contributed by atoms with E-state index in [1.165, 1.54) is 12.1 Å². The van der Waals surface area contributed by atoms with Crippen LogP contribution in [0.3, 0.4) is 0 Å². The normalized spacial score (nSPS) is 14.9. The molecule has 26 heavy (non-hydrogen) atoms. The summed E-state index contributed by atoms with van der Waals surface area (Å²) in [7, 11) is -3.75. The standard InChI is InChI=1S/C19H21IN2O3S/c1-14-5-10-17(13-18(14)19(23)22-11-3-2-4-12-22)26(24,25)21-16-8-6-15(20)7-9-16/h5-10,13,21H,2-4,11-12H2,1H3. The summed E-state index contributed by atoms with van der Waals surface area (Å²) in [4.78, 5) is 14.7. The predicted octanol–water partition coefficient (Wildman–Crippen LogP) is 4.03. The lowest BCUT2D eigenvalue weighted by atomic mass is 10.1. The molecule has 7 heteroatoms. The number of halogens is 1. The summed E-state index contributed by atoms with van der Waals surface area (Å²) >= 11 is 2.16. The minimum atomic E-state index is -3.75. The third-order valence-corrected chi connectivity index (χ3v) is 6.59. The third kappa shape index (κ3) is 4.37. The van der Waals surface area contributed by atoms with Crippen LogP contribution < -0.4 is 4.72 Å². The van der Waals surface area contributed by atoms with Crippen LogP contribution in [0.25, 0.3) is 0 Å². The Hall–Kier alpha value is -1.61. The van der Waals surface area contributed by atoms with E-state index in [0.29, 0.717) is 11.3 Å². The van der Waals surface area contributed by atoms with Gasteiger partial charge in [-0.1, -0.05) is 6.07 Å². The van der Waals surface area contributed by atoms with Crippen LogP contribution >= 0.6 is 22.6 Å². The highest BCUT2D eigenvalue weighted by atomic mass is 127. The Morgan fingerprint density at radius 2 is 1.69 bits per heavy atom. The lowest BCUT2D eigenvalue weighted by Gasteiger charge is -2.27. The van der Waals surface area contributed by atoms with Gasteiger partial charge in [0.1, 0.15) is 0 Å². The van der Waals surface area contributed by atoms with Crippen molar-refractivity contribution in [3.8, 4) is 0 Å². The maximum atomic E-state index is 12.8. The number of sulfonamides is 1. The summed E-state index contributed by atoms with van der Waals surface area (Å²) in [5.74, 6) is -0.0893. The van der Waals surface area contributed by atoms with Crippen molar-refractivity contribution in [3.05, 3.63) is 57.2 Å². The Morgan fingerprint density at radius 3 is 2.35 bits per heavy atom. The van der Waals surface area contributed by atoms with Crippen LogP contribution in [-0.4, -0.2) is 32.3 Å². The maximum Gasteiger partial charge on any atom is 0.261 e. The first kappa shape index (κ1) is 19.2. The zero-order valence-electron chi connectivity index (χ0n) is 14.5. The summed E-state index contributed by atoms with van der Waals surface area (Å²) in [6.07, 6.45) is 3.13. The smallest absolute Gasteiger partial charge is 0.261 e. The van der Waals surface area contributed by atoms with Crippen LogP contribution in [0.5, 0.6) is 0 Å². The van der Waals surface area contributed by atoms with E-state index in [0.717, 1.165) is 41.5 Å². The first-order valence-corrected chi connectivity index (χ1v) is 11.1. The molecule has 0 bridgehead atoms. The zero-order chi connectivity index (χ0) is 18.7. The summed E-state index contributed by atoms with van der Waals surface area (Å²) in [5.41, 5.74) is 1.74. The molecule has 0 atom stereocenters. The summed E-state index contributed by atoms with van der Waals surface area (Å²) in [6.45, 7) is 3.30. The molecule has 5 nitrogen and oxygen atoms in total. The van der Waals surface area contributed by atoms with Crippen molar-refractivity contribution in [3.63, 3.8) is 0 Å². The molecule has 3 rings (SSSR count). The van der Waals surface area contributed by atoms with Crippen LogP contribution in [0.2, 0.25) is 0 Å². The van der Waals surface area contributed by atoms with Crippen molar-refractivity contribution in [1.29, 1.82) is 0 Å². The van der Waals surface area contributed by atoms with Crippen LogP contribution in [0.1, 0.15) is 35.2 Å². The average molecular weight is 484 g/mol. The number of piperidine rings is 1. The van der Waals surface area contributed by atoms with Gasteiger partial charge in [0, 0.05) is 27.9 Å². The molecule has 1 saturated heterocycles. The number of anilines is 1. The first-order valence-electron chi connectivity index (χ1n) is 8.55. The van der Waals surface area contributed by atoms with E-state index in [9.17, 15) is 13.2 Å². The average Bonchev–Trinajstić information content (AvgIpc) is 2.64. The van der Waals surface area contributed by atoms with E-state index in [1.807, 2.05) is 24.0 Å². The van der Waals surface area contributed by atoms with Gasteiger partial charge in [-0.2, -0.15) is 0 Å². The molecule has 0 unspecified atom stereocenters. The minimum Gasteiger partial charge on any atom is -0.339 e. The van der Waals surface area contributed by atoms with E-state index in [4.69, 9.17) is 0 Å². The Kier molecular flexibility index (Phi) is 5.86. The number of likely N-dealkylation sites (tertiary alicyclic amines) is 1. The van der Waals surface area contributed by atoms with Gasteiger partial charge in [-0.05, 0) is 90.7 Å². The number of aryl methyl sites for hydroxylation is 1. The predicted molar refractivity (Wildman–Crippen MR) is 111 cm³/mol. The highest BCUT2D eigenvalue weighted by Gasteiger charge is 2.22. The molecule has 0 radical (unpaired) electrons. The lowest BCUT2D eigenvalue weighted by molar-refractivity contribution is 0.0723. The number of hydrogen-bond acceptors (Lipinski definition) is 3. The van der Waals surface area contributed by atoms with Crippen molar-refractivity contribution in [1.82, 2.24) is 4.90 Å². The van der Waals surface area contributed by atoms with E-state index >= 15 is 0 Å². The molecule has 1 aliphatic rings. The minimum absolute atomic E-state index is 0.0893. The molecule has 0 saturated carbocycles. The number of nitrogens with zero attached hydrogens (tertiary/aromatic N) is 1. The van der Waals surface area contributed by atoms with Crippen LogP contribution in [0.15, 0.2) is 47.4 Å². The molecule has 1 heterocycles. The fraction of sp³-hybridized carbons (Fsp3) is 0.316. The van der Waals surface area contributed by atoms with Crippen molar-refractivity contribution in [2.75, 3.05) is 17.8 Å². The van der Waals surface area contributed by atoms with Gasteiger partial charge in [0.2, 0.25) is 0 Å². The van der Waals surface area contributed by atoms with Crippen LogP contribution in [0.4, 0.5) is 5.69 Å². The fourth-order valence-corrected chi connectivity index (χ4v) is 4.44. The molecule has 0 aromatic heterocycles. The molecule has 138 valence electrons. The molecule has 0 spiro atoms. The molecule has 1 amide bonds. The number of rotatable bonds is 4. The number of carbonyl (C=O) groups is 1. The van der Waals surface area contributed by atoms with Crippen molar-refractivity contribution >= 4 is 44.2 Å². The summed E-state index contributed by atoms with van der Waals surface area (Å²) in [5, 5.41) is 0. The number of nitrogens with one attached hydrogen (secondary N) is 1. The van der Waals surface area contributed by atoms with E-state index < -0.39 is 10.0 Å². The SMILES string of the molecule is Cc1ccc(S(=O)(=O)Nc2ccc(I)cc2)cc1C(=O)N1CCCCC1. The van der Waals surface area contributed by atoms with Gasteiger partial charge in [0.15, 0.2) is 0 Å². The summed E-state index contributed by atoms with van der Waals surface area (Å²) < 4.78 is 29.0. The maximum absolute atomic E-state index is 12.8. The number of amides is 1. The fourth-order valence-electron chi connectivity index (χ4n) is 3.00. The van der Waals surface area contributed by atoms with Crippen molar-refractivity contribution in [2.45, 2.75) is 31.1 Å².